The third kappa shape index (κ3) is 6.21. The lowest BCUT2D eigenvalue weighted by molar-refractivity contribution is -0.138. The number of carbonyl (C=O) groups is 1. The number of nitrogens with zero attached hydrogens (tertiary/aromatic N) is 1. The third-order valence-electron chi connectivity index (χ3n) is 3.20. The maximum atomic E-state index is 11.6. The van der Waals surface area contributed by atoms with Gasteiger partial charge in [0.05, 0.1) is 6.61 Å². The van der Waals surface area contributed by atoms with Crippen molar-refractivity contribution in [3.05, 3.63) is 66.4 Å². The first-order valence-electron chi connectivity index (χ1n) is 8.17. The summed E-state index contributed by atoms with van der Waals surface area (Å²) >= 11 is 0. The van der Waals surface area contributed by atoms with Crippen molar-refractivity contribution in [2.75, 3.05) is 25.1 Å². The minimum atomic E-state index is -0.659. The van der Waals surface area contributed by atoms with Crippen molar-refractivity contribution < 1.29 is 19.0 Å². The minimum Gasteiger partial charge on any atom is -0.490 e. The summed E-state index contributed by atoms with van der Waals surface area (Å²) in [4.78, 5) is 11.6. The van der Waals surface area contributed by atoms with E-state index in [9.17, 15) is 4.79 Å². The standard InChI is InChI=1S/C20H20N2O4/c1-2-24-20(23)16(14-21)15-22-17-7-6-10-19(13-17)26-12-11-25-18-8-4-3-5-9-18/h3-10,13,15,22H,2,11-12H2,1H3/b16-15+. The van der Waals surface area contributed by atoms with Crippen LogP contribution in [0.3, 0.4) is 0 Å². The second-order valence-electron chi connectivity index (χ2n) is 5.07. The molecule has 0 unspecified atom stereocenters. The summed E-state index contributed by atoms with van der Waals surface area (Å²) in [6, 6.07) is 18.5. The molecule has 0 fully saturated rings. The quantitative estimate of drug-likeness (QED) is 0.322. The first-order chi connectivity index (χ1) is 12.7. The van der Waals surface area contributed by atoms with E-state index in [2.05, 4.69) is 5.32 Å². The van der Waals surface area contributed by atoms with Crippen molar-refractivity contribution in [2.45, 2.75) is 6.92 Å². The number of hydrogen-bond donors (Lipinski definition) is 1. The highest BCUT2D eigenvalue weighted by molar-refractivity contribution is 5.93. The number of anilines is 1. The molecule has 0 aliphatic carbocycles. The normalized spacial score (nSPS) is 10.5. The number of para-hydroxylation sites is 1. The molecule has 0 aliphatic rings. The molecular weight excluding hydrogens is 332 g/mol. The fraction of sp³-hybridized carbons (Fsp3) is 0.200. The van der Waals surface area contributed by atoms with Gasteiger partial charge in [0.1, 0.15) is 30.8 Å². The summed E-state index contributed by atoms with van der Waals surface area (Å²) in [5.74, 6) is 0.780. The predicted octanol–water partition coefficient (Wildman–Crippen LogP) is 3.53. The highest BCUT2D eigenvalue weighted by Gasteiger charge is 2.09. The van der Waals surface area contributed by atoms with Crippen LogP contribution in [0.25, 0.3) is 0 Å². The first-order valence-corrected chi connectivity index (χ1v) is 8.17. The van der Waals surface area contributed by atoms with Gasteiger partial charge in [0.2, 0.25) is 0 Å². The molecule has 0 saturated carbocycles. The molecule has 0 atom stereocenters. The summed E-state index contributed by atoms with van der Waals surface area (Å²) in [6.07, 6.45) is 1.32. The van der Waals surface area contributed by atoms with Gasteiger partial charge in [0.15, 0.2) is 5.57 Å². The van der Waals surface area contributed by atoms with Crippen LogP contribution in [-0.2, 0) is 9.53 Å². The maximum absolute atomic E-state index is 11.6. The smallest absolute Gasteiger partial charge is 0.350 e. The molecule has 2 aromatic rings. The maximum Gasteiger partial charge on any atom is 0.350 e. The fourth-order valence-electron chi connectivity index (χ4n) is 2.01. The summed E-state index contributed by atoms with van der Waals surface area (Å²) < 4.78 is 16.0. The largest absolute Gasteiger partial charge is 0.490 e. The number of hydrogen-bond acceptors (Lipinski definition) is 6. The minimum absolute atomic E-state index is 0.102. The van der Waals surface area contributed by atoms with E-state index in [1.807, 2.05) is 36.4 Å². The van der Waals surface area contributed by atoms with Crippen LogP contribution in [0.15, 0.2) is 66.4 Å². The molecule has 134 valence electrons. The fourth-order valence-corrected chi connectivity index (χ4v) is 2.01. The lowest BCUT2D eigenvalue weighted by atomic mass is 10.3. The predicted molar refractivity (Wildman–Crippen MR) is 97.8 cm³/mol. The number of carbonyl (C=O) groups excluding carboxylic acids is 1. The van der Waals surface area contributed by atoms with Crippen LogP contribution >= 0.6 is 0 Å². The molecular formula is C20H20N2O4. The summed E-state index contributed by atoms with van der Waals surface area (Å²) in [7, 11) is 0. The van der Waals surface area contributed by atoms with E-state index >= 15 is 0 Å². The van der Waals surface area contributed by atoms with Crippen molar-refractivity contribution in [1.29, 1.82) is 5.26 Å². The Balaban J connectivity index is 1.85. The topological polar surface area (TPSA) is 80.6 Å². The number of ether oxygens (including phenoxy) is 3. The zero-order valence-corrected chi connectivity index (χ0v) is 14.5. The van der Waals surface area contributed by atoms with Crippen LogP contribution < -0.4 is 14.8 Å². The summed E-state index contributed by atoms with van der Waals surface area (Å²) in [6.45, 7) is 2.71. The summed E-state index contributed by atoms with van der Waals surface area (Å²) in [5.41, 5.74) is 0.581. The Bertz CT molecular complexity index is 782. The lowest BCUT2D eigenvalue weighted by Crippen LogP contribution is -2.09. The Kier molecular flexibility index (Phi) is 7.56. The van der Waals surface area contributed by atoms with E-state index in [1.54, 1.807) is 31.2 Å². The van der Waals surface area contributed by atoms with E-state index in [0.29, 0.717) is 24.7 Å². The third-order valence-corrected chi connectivity index (χ3v) is 3.20. The zero-order valence-electron chi connectivity index (χ0n) is 14.5. The number of esters is 1. The molecule has 0 heterocycles. The monoisotopic (exact) mass is 352 g/mol. The van der Waals surface area contributed by atoms with Gasteiger partial charge in [0.25, 0.3) is 0 Å². The van der Waals surface area contributed by atoms with E-state index in [0.717, 1.165) is 5.75 Å². The number of nitrogens with one attached hydrogen (secondary N) is 1. The number of benzene rings is 2. The van der Waals surface area contributed by atoms with Gasteiger partial charge < -0.3 is 19.5 Å². The van der Waals surface area contributed by atoms with E-state index < -0.39 is 5.97 Å². The van der Waals surface area contributed by atoms with Crippen molar-refractivity contribution in [1.82, 2.24) is 0 Å². The molecule has 0 aliphatic heterocycles. The molecule has 0 radical (unpaired) electrons. The van der Waals surface area contributed by atoms with Gasteiger partial charge in [-0.2, -0.15) is 5.26 Å². The first kappa shape index (κ1) is 18.9. The Labute approximate surface area is 152 Å². The lowest BCUT2D eigenvalue weighted by Gasteiger charge is -2.09. The molecule has 0 amide bonds. The number of nitriles is 1. The highest BCUT2D eigenvalue weighted by atomic mass is 16.5. The molecule has 6 nitrogen and oxygen atoms in total. The van der Waals surface area contributed by atoms with Gasteiger partial charge in [0, 0.05) is 18.0 Å². The van der Waals surface area contributed by atoms with Gasteiger partial charge >= 0.3 is 5.97 Å². The molecule has 0 saturated heterocycles. The molecule has 0 spiro atoms. The van der Waals surface area contributed by atoms with Crippen molar-refractivity contribution in [3.8, 4) is 17.6 Å². The Morgan fingerprint density at radius 2 is 1.77 bits per heavy atom. The van der Waals surface area contributed by atoms with E-state index in [-0.39, 0.29) is 12.2 Å². The SMILES string of the molecule is CCOC(=O)/C(C#N)=C/Nc1cccc(OCCOc2ccccc2)c1. The van der Waals surface area contributed by atoms with Crippen LogP contribution in [0.4, 0.5) is 5.69 Å². The molecule has 26 heavy (non-hydrogen) atoms. The Morgan fingerprint density at radius 1 is 1.08 bits per heavy atom. The van der Waals surface area contributed by atoms with Crippen molar-refractivity contribution in [2.24, 2.45) is 0 Å². The van der Waals surface area contributed by atoms with Crippen molar-refractivity contribution >= 4 is 11.7 Å². The van der Waals surface area contributed by atoms with Crippen LogP contribution in [0.2, 0.25) is 0 Å². The molecule has 1 N–H and O–H groups in total. The van der Waals surface area contributed by atoms with Gasteiger partial charge in [-0.3, -0.25) is 0 Å². The van der Waals surface area contributed by atoms with Gasteiger partial charge in [-0.05, 0) is 31.2 Å². The highest BCUT2D eigenvalue weighted by Crippen LogP contribution is 2.18. The Morgan fingerprint density at radius 3 is 2.46 bits per heavy atom. The average Bonchev–Trinajstić information content (AvgIpc) is 2.67. The van der Waals surface area contributed by atoms with Crippen LogP contribution in [0.5, 0.6) is 11.5 Å². The van der Waals surface area contributed by atoms with E-state index in [4.69, 9.17) is 19.5 Å². The second-order valence-corrected chi connectivity index (χ2v) is 5.07. The zero-order chi connectivity index (χ0) is 18.6. The molecule has 6 heteroatoms. The molecule has 2 rings (SSSR count). The summed E-state index contributed by atoms with van der Waals surface area (Å²) in [5, 5.41) is 11.9. The number of rotatable bonds is 9. The van der Waals surface area contributed by atoms with Gasteiger partial charge in [-0.15, -0.1) is 0 Å². The second kappa shape index (κ2) is 10.4. The van der Waals surface area contributed by atoms with Crippen LogP contribution in [0, 0.1) is 11.3 Å². The van der Waals surface area contributed by atoms with Crippen molar-refractivity contribution in [3.63, 3.8) is 0 Å². The van der Waals surface area contributed by atoms with Crippen LogP contribution in [0.1, 0.15) is 6.92 Å². The van der Waals surface area contributed by atoms with Gasteiger partial charge in [-0.1, -0.05) is 24.3 Å². The molecule has 0 bridgehead atoms. The molecule has 2 aromatic carbocycles. The Hall–Kier alpha value is -3.46. The van der Waals surface area contributed by atoms with Crippen LogP contribution in [-0.4, -0.2) is 25.8 Å². The van der Waals surface area contributed by atoms with Gasteiger partial charge in [-0.25, -0.2) is 4.79 Å². The molecule has 0 aromatic heterocycles. The average molecular weight is 352 g/mol. The van der Waals surface area contributed by atoms with E-state index in [1.165, 1.54) is 6.20 Å².